The van der Waals surface area contributed by atoms with Gasteiger partial charge < -0.3 is 10.6 Å². The van der Waals surface area contributed by atoms with E-state index in [1.54, 1.807) is 0 Å². The SMILES string of the molecule is CCNC(=NCC1CCCN(C)C1c1cccc(Cl)c1)NCCc1c(C)nn(C)c1C. The number of aromatic nitrogens is 2. The standard InChI is InChI=1S/C24H37ClN6/c1-6-26-24(27-13-12-22-17(2)29-31(5)18(22)3)28-16-20-10-8-14-30(4)23(20)19-9-7-11-21(25)15-19/h7,9,11,15,20,23H,6,8,10,12-14,16H2,1-5H3,(H2,26,27,28). The summed E-state index contributed by atoms with van der Waals surface area (Å²) in [5.41, 5.74) is 4.95. The van der Waals surface area contributed by atoms with E-state index in [1.165, 1.54) is 29.7 Å². The Morgan fingerprint density at radius 3 is 2.74 bits per heavy atom. The Morgan fingerprint density at radius 1 is 1.26 bits per heavy atom. The van der Waals surface area contributed by atoms with Crippen molar-refractivity contribution in [1.29, 1.82) is 0 Å². The molecule has 0 amide bonds. The van der Waals surface area contributed by atoms with Gasteiger partial charge in [-0.3, -0.25) is 14.6 Å². The molecule has 0 radical (unpaired) electrons. The zero-order valence-electron chi connectivity index (χ0n) is 19.6. The van der Waals surface area contributed by atoms with Crippen molar-refractivity contribution in [2.45, 2.75) is 46.1 Å². The van der Waals surface area contributed by atoms with E-state index in [1.807, 2.05) is 17.8 Å². The molecule has 7 heteroatoms. The maximum atomic E-state index is 6.29. The van der Waals surface area contributed by atoms with Gasteiger partial charge in [-0.25, -0.2) is 0 Å². The minimum Gasteiger partial charge on any atom is -0.357 e. The number of benzene rings is 1. The molecule has 0 spiro atoms. The molecule has 1 fully saturated rings. The highest BCUT2D eigenvalue weighted by Crippen LogP contribution is 2.36. The van der Waals surface area contributed by atoms with E-state index >= 15 is 0 Å². The Labute approximate surface area is 192 Å². The molecule has 6 nitrogen and oxygen atoms in total. The molecule has 3 rings (SSSR count). The van der Waals surface area contributed by atoms with Gasteiger partial charge in [-0.05, 0) is 82.8 Å². The Bertz CT molecular complexity index is 890. The van der Waals surface area contributed by atoms with Crippen LogP contribution < -0.4 is 10.6 Å². The van der Waals surface area contributed by atoms with Crippen molar-refractivity contribution in [2.75, 3.05) is 33.2 Å². The van der Waals surface area contributed by atoms with E-state index in [4.69, 9.17) is 16.6 Å². The van der Waals surface area contributed by atoms with Crippen molar-refractivity contribution in [3.8, 4) is 0 Å². The lowest BCUT2D eigenvalue weighted by molar-refractivity contribution is 0.125. The fourth-order valence-electron chi connectivity index (χ4n) is 4.70. The van der Waals surface area contributed by atoms with Crippen LogP contribution in [-0.4, -0.2) is 53.9 Å². The summed E-state index contributed by atoms with van der Waals surface area (Å²) in [6, 6.07) is 8.64. The number of piperidine rings is 1. The third-order valence-electron chi connectivity index (χ3n) is 6.35. The lowest BCUT2D eigenvalue weighted by Gasteiger charge is -2.39. The maximum absolute atomic E-state index is 6.29. The predicted octanol–water partition coefficient (Wildman–Crippen LogP) is 3.87. The van der Waals surface area contributed by atoms with Gasteiger partial charge in [-0.2, -0.15) is 5.10 Å². The number of halogens is 1. The van der Waals surface area contributed by atoms with Gasteiger partial charge in [0.1, 0.15) is 0 Å². The van der Waals surface area contributed by atoms with Crippen LogP contribution in [0.15, 0.2) is 29.3 Å². The fraction of sp³-hybridized carbons (Fsp3) is 0.583. The number of likely N-dealkylation sites (tertiary alicyclic amines) is 1. The maximum Gasteiger partial charge on any atom is 0.191 e. The summed E-state index contributed by atoms with van der Waals surface area (Å²) in [6.07, 6.45) is 3.32. The second-order valence-electron chi connectivity index (χ2n) is 8.55. The molecule has 1 aliphatic heterocycles. The molecule has 1 aromatic carbocycles. The molecular weight excluding hydrogens is 408 g/mol. The van der Waals surface area contributed by atoms with Crippen LogP contribution in [0.3, 0.4) is 0 Å². The summed E-state index contributed by atoms with van der Waals surface area (Å²) >= 11 is 6.29. The third-order valence-corrected chi connectivity index (χ3v) is 6.59. The molecule has 2 aromatic rings. The van der Waals surface area contributed by atoms with Crippen LogP contribution in [0.4, 0.5) is 0 Å². The molecule has 2 N–H and O–H groups in total. The van der Waals surface area contributed by atoms with Crippen molar-refractivity contribution in [3.63, 3.8) is 0 Å². The average Bonchev–Trinajstić information content (AvgIpc) is 2.97. The number of hydrogen-bond acceptors (Lipinski definition) is 3. The summed E-state index contributed by atoms with van der Waals surface area (Å²) in [5.74, 6) is 1.36. The number of guanidine groups is 1. The van der Waals surface area contributed by atoms with Crippen LogP contribution in [0.25, 0.3) is 0 Å². The number of rotatable bonds is 7. The molecule has 2 heterocycles. The Balaban J connectivity index is 1.66. The Kier molecular flexibility index (Phi) is 8.38. The normalized spacial score (nSPS) is 20.1. The number of aliphatic imine (C=N–C) groups is 1. The van der Waals surface area contributed by atoms with Crippen LogP contribution in [0, 0.1) is 19.8 Å². The van der Waals surface area contributed by atoms with Crippen LogP contribution >= 0.6 is 11.6 Å². The smallest absolute Gasteiger partial charge is 0.191 e. The zero-order valence-corrected chi connectivity index (χ0v) is 20.3. The highest BCUT2D eigenvalue weighted by atomic mass is 35.5. The quantitative estimate of drug-likeness (QED) is 0.502. The minimum atomic E-state index is 0.347. The monoisotopic (exact) mass is 444 g/mol. The zero-order chi connectivity index (χ0) is 22.4. The molecule has 2 unspecified atom stereocenters. The molecule has 1 aromatic heterocycles. The highest BCUT2D eigenvalue weighted by Gasteiger charge is 2.30. The molecule has 2 atom stereocenters. The summed E-state index contributed by atoms with van der Waals surface area (Å²) in [6.45, 7) is 9.90. The topological polar surface area (TPSA) is 57.5 Å². The molecule has 1 aliphatic rings. The Morgan fingerprint density at radius 2 is 2.06 bits per heavy atom. The van der Waals surface area contributed by atoms with Crippen molar-refractivity contribution in [1.82, 2.24) is 25.3 Å². The van der Waals surface area contributed by atoms with Crippen molar-refractivity contribution >= 4 is 17.6 Å². The van der Waals surface area contributed by atoms with E-state index in [-0.39, 0.29) is 0 Å². The lowest BCUT2D eigenvalue weighted by atomic mass is 9.85. The van der Waals surface area contributed by atoms with Crippen molar-refractivity contribution in [2.24, 2.45) is 18.0 Å². The van der Waals surface area contributed by atoms with Crippen LogP contribution in [0.1, 0.15) is 48.3 Å². The van der Waals surface area contributed by atoms with Crippen molar-refractivity contribution in [3.05, 3.63) is 51.8 Å². The van der Waals surface area contributed by atoms with E-state index in [0.717, 1.165) is 49.3 Å². The van der Waals surface area contributed by atoms with Gasteiger partial charge in [0.2, 0.25) is 0 Å². The van der Waals surface area contributed by atoms with Crippen molar-refractivity contribution < 1.29 is 0 Å². The summed E-state index contributed by atoms with van der Waals surface area (Å²) in [4.78, 5) is 7.41. The molecule has 31 heavy (non-hydrogen) atoms. The molecular formula is C24H37ClN6. The highest BCUT2D eigenvalue weighted by molar-refractivity contribution is 6.30. The van der Waals surface area contributed by atoms with E-state index in [2.05, 4.69) is 66.7 Å². The average molecular weight is 445 g/mol. The first-order valence-corrected chi connectivity index (χ1v) is 11.8. The lowest BCUT2D eigenvalue weighted by Crippen LogP contribution is -2.40. The van der Waals surface area contributed by atoms with Crippen LogP contribution in [-0.2, 0) is 13.5 Å². The first-order chi connectivity index (χ1) is 14.9. The van der Waals surface area contributed by atoms with Crippen LogP contribution in [0.5, 0.6) is 0 Å². The van der Waals surface area contributed by atoms with Gasteiger partial charge in [-0.1, -0.05) is 23.7 Å². The van der Waals surface area contributed by atoms with Gasteiger partial charge in [0.25, 0.3) is 0 Å². The number of nitrogens with zero attached hydrogens (tertiary/aromatic N) is 4. The summed E-state index contributed by atoms with van der Waals surface area (Å²) in [7, 11) is 4.21. The van der Waals surface area contributed by atoms with E-state index in [9.17, 15) is 0 Å². The van der Waals surface area contributed by atoms with Gasteiger partial charge in [-0.15, -0.1) is 0 Å². The fourth-order valence-corrected chi connectivity index (χ4v) is 4.90. The van der Waals surface area contributed by atoms with Gasteiger partial charge in [0.05, 0.1) is 5.69 Å². The molecule has 0 saturated carbocycles. The predicted molar refractivity (Wildman–Crippen MR) is 130 cm³/mol. The molecule has 0 bridgehead atoms. The van der Waals surface area contributed by atoms with Gasteiger partial charge in [0, 0.05) is 43.4 Å². The van der Waals surface area contributed by atoms with Crippen LogP contribution in [0.2, 0.25) is 5.02 Å². The molecule has 1 saturated heterocycles. The first kappa shape index (κ1) is 23.6. The molecule has 170 valence electrons. The second-order valence-corrected chi connectivity index (χ2v) is 8.99. The molecule has 0 aliphatic carbocycles. The number of aryl methyl sites for hydroxylation is 2. The summed E-state index contributed by atoms with van der Waals surface area (Å²) in [5, 5.41) is 12.2. The van der Waals surface area contributed by atoms with Gasteiger partial charge >= 0.3 is 0 Å². The van der Waals surface area contributed by atoms with E-state index < -0.39 is 0 Å². The van der Waals surface area contributed by atoms with E-state index in [0.29, 0.717) is 12.0 Å². The first-order valence-electron chi connectivity index (χ1n) is 11.4. The second kappa shape index (κ2) is 11.0. The van der Waals surface area contributed by atoms with Gasteiger partial charge in [0.15, 0.2) is 5.96 Å². The largest absolute Gasteiger partial charge is 0.357 e. The summed E-state index contributed by atoms with van der Waals surface area (Å²) < 4.78 is 1.96. The Hall–Kier alpha value is -2.05. The minimum absolute atomic E-state index is 0.347. The number of nitrogens with one attached hydrogen (secondary N) is 2. The third kappa shape index (κ3) is 6.01. The number of hydrogen-bond donors (Lipinski definition) is 2.